The fourth-order valence-corrected chi connectivity index (χ4v) is 5.82. The van der Waals surface area contributed by atoms with Crippen LogP contribution in [0.2, 0.25) is 0 Å². The lowest BCUT2D eigenvalue weighted by Crippen LogP contribution is -2.28. The molecule has 5 rings (SSSR count). The Hall–Kier alpha value is -3.92. The van der Waals surface area contributed by atoms with Gasteiger partial charge in [-0.2, -0.15) is 0 Å². The SMILES string of the molecule is C=C/C=C(\C=C/C)C(C)(c1ccc2nc(N3CCCC3)c(-c3ccccc3)c(C)c2c1)c1cncn1C. The number of aromatic nitrogens is 3. The number of hydrogen-bond donors (Lipinski definition) is 0. The van der Waals surface area contributed by atoms with Gasteiger partial charge in [-0.25, -0.2) is 9.97 Å². The van der Waals surface area contributed by atoms with Crippen LogP contribution in [0.25, 0.3) is 22.0 Å². The Kier molecular flexibility index (Phi) is 6.84. The molecule has 1 atom stereocenters. The molecule has 0 radical (unpaired) electrons. The van der Waals surface area contributed by atoms with Crippen LogP contribution >= 0.6 is 0 Å². The summed E-state index contributed by atoms with van der Waals surface area (Å²) < 4.78 is 2.11. The summed E-state index contributed by atoms with van der Waals surface area (Å²) in [7, 11) is 2.06. The maximum Gasteiger partial charge on any atom is 0.137 e. The van der Waals surface area contributed by atoms with Gasteiger partial charge in [-0.3, -0.25) is 0 Å². The Labute approximate surface area is 220 Å². The number of pyridine rings is 1. The van der Waals surface area contributed by atoms with E-state index in [2.05, 4.69) is 116 Å². The Morgan fingerprint density at radius 1 is 1.08 bits per heavy atom. The molecule has 1 unspecified atom stereocenters. The van der Waals surface area contributed by atoms with E-state index in [1.165, 1.54) is 40.5 Å². The van der Waals surface area contributed by atoms with Crippen molar-refractivity contribution in [2.75, 3.05) is 18.0 Å². The zero-order valence-corrected chi connectivity index (χ0v) is 22.4. The van der Waals surface area contributed by atoms with Gasteiger partial charge in [0.25, 0.3) is 0 Å². The zero-order valence-electron chi connectivity index (χ0n) is 22.4. The highest BCUT2D eigenvalue weighted by molar-refractivity contribution is 5.94. The average Bonchev–Trinajstić information content (AvgIpc) is 3.61. The monoisotopic (exact) mass is 488 g/mol. The van der Waals surface area contributed by atoms with E-state index in [0.717, 1.165) is 35.7 Å². The third kappa shape index (κ3) is 4.31. The molecule has 3 heterocycles. The molecule has 2 aromatic heterocycles. The van der Waals surface area contributed by atoms with Crippen molar-refractivity contribution in [3.8, 4) is 11.1 Å². The normalized spacial score (nSPS) is 16.0. The molecule has 1 aliphatic rings. The Morgan fingerprint density at radius 2 is 1.84 bits per heavy atom. The Balaban J connectivity index is 1.79. The predicted molar refractivity (Wildman–Crippen MR) is 156 cm³/mol. The topological polar surface area (TPSA) is 34.0 Å². The highest BCUT2D eigenvalue weighted by Crippen LogP contribution is 2.43. The first-order valence-electron chi connectivity index (χ1n) is 13.2. The fourth-order valence-electron chi connectivity index (χ4n) is 5.82. The van der Waals surface area contributed by atoms with E-state index < -0.39 is 5.41 Å². The van der Waals surface area contributed by atoms with Gasteiger partial charge in [0.15, 0.2) is 0 Å². The second-order valence-corrected chi connectivity index (χ2v) is 10.1. The number of anilines is 1. The fraction of sp³-hybridized carbons (Fsp3) is 0.273. The van der Waals surface area contributed by atoms with Gasteiger partial charge in [0.2, 0.25) is 0 Å². The van der Waals surface area contributed by atoms with Crippen molar-refractivity contribution >= 4 is 16.7 Å². The van der Waals surface area contributed by atoms with Crippen molar-refractivity contribution in [3.63, 3.8) is 0 Å². The molecule has 0 aliphatic carbocycles. The van der Waals surface area contributed by atoms with Crippen molar-refractivity contribution in [1.29, 1.82) is 0 Å². The van der Waals surface area contributed by atoms with E-state index in [0.29, 0.717) is 0 Å². The molecule has 1 aliphatic heterocycles. The molecule has 2 aromatic carbocycles. The first kappa shape index (κ1) is 24.8. The van der Waals surface area contributed by atoms with Gasteiger partial charge in [-0.05, 0) is 68.0 Å². The minimum atomic E-state index is -0.423. The van der Waals surface area contributed by atoms with Crippen LogP contribution in [0, 0.1) is 6.92 Å². The van der Waals surface area contributed by atoms with Crippen molar-refractivity contribution in [3.05, 3.63) is 114 Å². The first-order chi connectivity index (χ1) is 18.0. The quantitative estimate of drug-likeness (QED) is 0.252. The Morgan fingerprint density at radius 3 is 2.49 bits per heavy atom. The third-order valence-corrected chi connectivity index (χ3v) is 7.82. The molecule has 4 heteroatoms. The lowest BCUT2D eigenvalue weighted by molar-refractivity contribution is 0.625. The smallest absolute Gasteiger partial charge is 0.137 e. The summed E-state index contributed by atoms with van der Waals surface area (Å²) in [6, 6.07) is 17.5. The number of aryl methyl sites for hydroxylation is 2. The number of allylic oxidation sites excluding steroid dienone is 5. The van der Waals surface area contributed by atoms with E-state index >= 15 is 0 Å². The van der Waals surface area contributed by atoms with Crippen molar-refractivity contribution in [2.45, 2.75) is 39.0 Å². The molecule has 188 valence electrons. The summed E-state index contributed by atoms with van der Waals surface area (Å²) >= 11 is 0. The second kappa shape index (κ2) is 10.2. The van der Waals surface area contributed by atoms with E-state index in [1.54, 1.807) is 0 Å². The molecule has 0 saturated carbocycles. The number of hydrogen-bond acceptors (Lipinski definition) is 3. The molecular weight excluding hydrogens is 452 g/mol. The number of fused-ring (bicyclic) bond motifs is 1. The molecule has 0 bridgehead atoms. The van der Waals surface area contributed by atoms with Crippen LogP contribution in [-0.2, 0) is 12.5 Å². The van der Waals surface area contributed by atoms with Gasteiger partial charge in [0, 0.05) is 37.3 Å². The van der Waals surface area contributed by atoms with Gasteiger partial charge in [-0.1, -0.05) is 67.3 Å². The average molecular weight is 489 g/mol. The number of benzene rings is 2. The standard InChI is InChI=1S/C33H36N4/c1-6-13-26(14-7-2)33(4,30-22-34-23-36(30)5)27-17-18-29-28(21-27)24(3)31(25-15-9-8-10-16-25)32(35-29)37-19-11-12-20-37/h6-10,13-18,21-23H,1,11-12,19-20H2,2-5H3/b14-7-,26-13+. The van der Waals surface area contributed by atoms with Crippen LogP contribution in [-0.4, -0.2) is 27.6 Å². The molecule has 4 nitrogen and oxygen atoms in total. The number of imidazole rings is 1. The number of nitrogens with zero attached hydrogens (tertiary/aromatic N) is 4. The van der Waals surface area contributed by atoms with Crippen LogP contribution in [0.5, 0.6) is 0 Å². The van der Waals surface area contributed by atoms with Crippen molar-refractivity contribution in [2.24, 2.45) is 7.05 Å². The largest absolute Gasteiger partial charge is 0.356 e. The van der Waals surface area contributed by atoms with E-state index in [9.17, 15) is 0 Å². The van der Waals surface area contributed by atoms with Gasteiger partial charge in [0.05, 0.1) is 23.0 Å². The lowest BCUT2D eigenvalue weighted by Gasteiger charge is -2.33. The number of rotatable bonds is 7. The highest BCUT2D eigenvalue weighted by atomic mass is 15.2. The zero-order chi connectivity index (χ0) is 26.0. The third-order valence-electron chi connectivity index (χ3n) is 7.82. The van der Waals surface area contributed by atoms with Crippen LogP contribution in [0.3, 0.4) is 0 Å². The molecule has 4 aromatic rings. The predicted octanol–water partition coefficient (Wildman–Crippen LogP) is 7.54. The van der Waals surface area contributed by atoms with Crippen LogP contribution in [0.4, 0.5) is 5.82 Å². The Bertz CT molecular complexity index is 1490. The molecule has 0 spiro atoms. The summed E-state index contributed by atoms with van der Waals surface area (Å²) in [4.78, 5) is 12.2. The molecule has 1 saturated heterocycles. The molecular formula is C33H36N4. The van der Waals surface area contributed by atoms with E-state index in [-0.39, 0.29) is 0 Å². The summed E-state index contributed by atoms with van der Waals surface area (Å²) in [6.45, 7) is 12.7. The maximum atomic E-state index is 5.28. The van der Waals surface area contributed by atoms with Gasteiger partial charge >= 0.3 is 0 Å². The van der Waals surface area contributed by atoms with Gasteiger partial charge < -0.3 is 9.47 Å². The molecule has 0 amide bonds. The summed E-state index contributed by atoms with van der Waals surface area (Å²) in [5.41, 5.74) is 7.83. The molecule has 0 N–H and O–H groups in total. The van der Waals surface area contributed by atoms with E-state index in [1.807, 2.05) is 18.6 Å². The highest BCUT2D eigenvalue weighted by Gasteiger charge is 2.35. The van der Waals surface area contributed by atoms with Gasteiger partial charge in [-0.15, -0.1) is 0 Å². The first-order valence-corrected chi connectivity index (χ1v) is 13.2. The van der Waals surface area contributed by atoms with Crippen LogP contribution in [0.15, 0.2) is 97.5 Å². The summed E-state index contributed by atoms with van der Waals surface area (Å²) in [5, 5.41) is 1.19. The molecule has 1 fully saturated rings. The van der Waals surface area contributed by atoms with Gasteiger partial charge in [0.1, 0.15) is 5.82 Å². The van der Waals surface area contributed by atoms with Crippen LogP contribution in [0.1, 0.15) is 43.5 Å². The summed E-state index contributed by atoms with van der Waals surface area (Å²) in [6.07, 6.45) is 14.5. The minimum Gasteiger partial charge on any atom is -0.356 e. The van der Waals surface area contributed by atoms with E-state index in [4.69, 9.17) is 4.98 Å². The van der Waals surface area contributed by atoms with Crippen molar-refractivity contribution < 1.29 is 0 Å². The summed E-state index contributed by atoms with van der Waals surface area (Å²) in [5.74, 6) is 1.11. The van der Waals surface area contributed by atoms with Crippen LogP contribution < -0.4 is 4.90 Å². The molecule has 37 heavy (non-hydrogen) atoms. The lowest BCUT2D eigenvalue weighted by atomic mass is 9.72. The second-order valence-electron chi connectivity index (χ2n) is 10.1. The van der Waals surface area contributed by atoms with Crippen molar-refractivity contribution in [1.82, 2.24) is 14.5 Å². The minimum absolute atomic E-state index is 0.423. The maximum absolute atomic E-state index is 5.28.